The van der Waals surface area contributed by atoms with E-state index in [1.54, 1.807) is 64.1 Å². The van der Waals surface area contributed by atoms with E-state index in [-0.39, 0.29) is 5.75 Å². The summed E-state index contributed by atoms with van der Waals surface area (Å²) in [6.45, 7) is 6.94. The SMILES string of the molecule is COC(=O)[C@H](C)N[P@@](=O)(OC[C@@]1(C#N)O[C@@H](c2ccc3c(N)ccnn23)[C@H](OC(=O)C(C)C)[C@@H]1OC(=O)C(C)C)Oc1ccccc1. The topological polar surface area (TPSA) is 203 Å². The second kappa shape index (κ2) is 14.5. The number of methoxy groups -OCH3 is 1. The van der Waals surface area contributed by atoms with Gasteiger partial charge in [0.2, 0.25) is 5.60 Å². The van der Waals surface area contributed by atoms with Crippen LogP contribution in [0, 0.1) is 23.2 Å². The van der Waals surface area contributed by atoms with Crippen molar-refractivity contribution >= 4 is 36.9 Å². The molecule has 3 N–H and O–H groups in total. The van der Waals surface area contributed by atoms with Gasteiger partial charge in [0.05, 0.1) is 35.8 Å². The van der Waals surface area contributed by atoms with E-state index in [0.717, 1.165) is 7.11 Å². The number of nitriles is 1. The molecule has 6 atom stereocenters. The zero-order valence-electron chi connectivity index (χ0n) is 26.8. The van der Waals surface area contributed by atoms with Crippen molar-refractivity contribution in [3.05, 3.63) is 60.4 Å². The number of carbonyl (C=O) groups excluding carboxylic acids is 3. The van der Waals surface area contributed by atoms with Crippen LogP contribution < -0.4 is 15.3 Å². The molecule has 1 fully saturated rings. The molecular formula is C31H38N5O10P. The van der Waals surface area contributed by atoms with Gasteiger partial charge >= 0.3 is 25.7 Å². The van der Waals surface area contributed by atoms with Crippen molar-refractivity contribution in [3.8, 4) is 11.8 Å². The molecule has 0 saturated carbocycles. The molecule has 4 rings (SSSR count). The van der Waals surface area contributed by atoms with Crippen molar-refractivity contribution in [1.29, 1.82) is 5.26 Å². The number of nitrogens with two attached hydrogens (primary N) is 1. The number of benzene rings is 1. The van der Waals surface area contributed by atoms with Gasteiger partial charge in [-0.3, -0.25) is 18.9 Å². The van der Waals surface area contributed by atoms with Crippen molar-refractivity contribution in [3.63, 3.8) is 0 Å². The molecule has 47 heavy (non-hydrogen) atoms. The molecule has 16 heteroatoms. The molecule has 0 radical (unpaired) electrons. The highest BCUT2D eigenvalue weighted by Crippen LogP contribution is 2.50. The van der Waals surface area contributed by atoms with Crippen LogP contribution in [0.15, 0.2) is 54.7 Å². The summed E-state index contributed by atoms with van der Waals surface area (Å²) in [5, 5.41) is 17.6. The van der Waals surface area contributed by atoms with Gasteiger partial charge < -0.3 is 29.2 Å². The fourth-order valence-electron chi connectivity index (χ4n) is 4.70. The van der Waals surface area contributed by atoms with Crippen LogP contribution in [-0.4, -0.2) is 65.1 Å². The molecule has 1 aliphatic rings. The number of anilines is 1. The number of para-hydroxylation sites is 1. The summed E-state index contributed by atoms with van der Waals surface area (Å²) >= 11 is 0. The lowest BCUT2D eigenvalue weighted by Gasteiger charge is -2.31. The summed E-state index contributed by atoms with van der Waals surface area (Å²) in [5.74, 6) is -3.30. The van der Waals surface area contributed by atoms with Crippen LogP contribution in [-0.2, 0) is 42.4 Å². The van der Waals surface area contributed by atoms with E-state index in [4.69, 9.17) is 33.7 Å². The first kappa shape index (κ1) is 35.4. The first-order valence-corrected chi connectivity index (χ1v) is 16.4. The van der Waals surface area contributed by atoms with Crippen LogP contribution in [0.3, 0.4) is 0 Å². The predicted molar refractivity (Wildman–Crippen MR) is 166 cm³/mol. The first-order chi connectivity index (χ1) is 22.2. The van der Waals surface area contributed by atoms with Gasteiger partial charge in [-0.15, -0.1) is 0 Å². The number of esters is 3. The van der Waals surface area contributed by atoms with Crippen LogP contribution in [0.5, 0.6) is 5.75 Å². The molecule has 1 aliphatic heterocycles. The minimum atomic E-state index is -4.51. The summed E-state index contributed by atoms with van der Waals surface area (Å²) in [6.07, 6.45) is -2.78. The number of nitrogens with one attached hydrogen (secondary N) is 1. The summed E-state index contributed by atoms with van der Waals surface area (Å²) in [4.78, 5) is 38.4. The van der Waals surface area contributed by atoms with Crippen molar-refractivity contribution in [2.24, 2.45) is 11.8 Å². The Bertz CT molecular complexity index is 1690. The molecule has 0 unspecified atom stereocenters. The molecule has 1 aromatic carbocycles. The van der Waals surface area contributed by atoms with Crippen LogP contribution >= 0.6 is 7.75 Å². The highest BCUT2D eigenvalue weighted by Gasteiger charge is 2.62. The lowest BCUT2D eigenvalue weighted by molar-refractivity contribution is -0.173. The minimum Gasteiger partial charge on any atom is -0.468 e. The maximum atomic E-state index is 14.2. The fourth-order valence-corrected chi connectivity index (χ4v) is 6.22. The van der Waals surface area contributed by atoms with Crippen LogP contribution in [0.25, 0.3) is 5.52 Å². The Hall–Kier alpha value is -4.48. The van der Waals surface area contributed by atoms with E-state index in [1.807, 2.05) is 6.07 Å². The second-order valence-electron chi connectivity index (χ2n) is 11.5. The van der Waals surface area contributed by atoms with Crippen LogP contribution in [0.1, 0.15) is 46.4 Å². The summed E-state index contributed by atoms with van der Waals surface area (Å²) < 4.78 is 50.0. The first-order valence-electron chi connectivity index (χ1n) is 14.8. The van der Waals surface area contributed by atoms with Crippen LogP contribution in [0.2, 0.25) is 0 Å². The zero-order valence-corrected chi connectivity index (χ0v) is 27.7. The number of hydrogen-bond donors (Lipinski definition) is 2. The smallest absolute Gasteiger partial charge is 0.459 e. The third-order valence-electron chi connectivity index (χ3n) is 7.25. The van der Waals surface area contributed by atoms with E-state index in [9.17, 15) is 24.2 Å². The quantitative estimate of drug-likeness (QED) is 0.151. The lowest BCUT2D eigenvalue weighted by Crippen LogP contribution is -2.50. The molecular weight excluding hydrogens is 633 g/mol. The third kappa shape index (κ3) is 7.74. The summed E-state index contributed by atoms with van der Waals surface area (Å²) in [7, 11) is -3.35. The molecule has 15 nitrogen and oxygen atoms in total. The Labute approximate surface area is 271 Å². The number of fused-ring (bicyclic) bond motifs is 1. The molecule has 0 amide bonds. The van der Waals surface area contributed by atoms with Crippen molar-refractivity contribution in [2.75, 3.05) is 19.5 Å². The monoisotopic (exact) mass is 671 g/mol. The Balaban J connectivity index is 1.81. The molecule has 252 valence electrons. The van der Waals surface area contributed by atoms with Gasteiger partial charge in [-0.05, 0) is 37.3 Å². The van der Waals surface area contributed by atoms with E-state index < -0.39 is 74.1 Å². The van der Waals surface area contributed by atoms with Crippen molar-refractivity contribution < 1.29 is 46.9 Å². The second-order valence-corrected chi connectivity index (χ2v) is 13.2. The number of aromatic nitrogens is 2. The van der Waals surface area contributed by atoms with E-state index in [2.05, 4.69) is 10.2 Å². The summed E-state index contributed by atoms with van der Waals surface area (Å²) in [6, 6.07) is 13.7. The maximum absolute atomic E-state index is 14.2. The zero-order chi connectivity index (χ0) is 34.5. The van der Waals surface area contributed by atoms with Gasteiger partial charge in [0.25, 0.3) is 0 Å². The van der Waals surface area contributed by atoms with E-state index in [1.165, 1.54) is 29.8 Å². The van der Waals surface area contributed by atoms with Gasteiger partial charge in [-0.1, -0.05) is 45.9 Å². The highest BCUT2D eigenvalue weighted by molar-refractivity contribution is 7.52. The van der Waals surface area contributed by atoms with Gasteiger partial charge in [0.15, 0.2) is 12.2 Å². The Kier molecular flexibility index (Phi) is 10.9. The molecule has 2 aromatic heterocycles. The standard InChI is InChI=1S/C31H38N5O10P/c1-18(2)28(37)43-26-25(24-13-12-23-22(33)14-15-34-36(23)24)45-31(16-32,27(26)44-29(38)19(3)4)17-42-47(40,35-20(5)30(39)41-6)46-21-10-8-7-9-11-21/h7-15,18-20,25-27H,17,33H2,1-6H3,(H,35,40)/t20-,25-,26-,27-,31+,47+/m0/s1. The number of hydrogen-bond acceptors (Lipinski definition) is 13. The number of ether oxygens (including phenoxy) is 4. The van der Waals surface area contributed by atoms with E-state index >= 15 is 0 Å². The molecule has 3 heterocycles. The molecule has 0 spiro atoms. The van der Waals surface area contributed by atoms with Gasteiger partial charge in [-0.2, -0.15) is 15.4 Å². The summed E-state index contributed by atoms with van der Waals surface area (Å²) in [5.41, 5.74) is 5.13. The Morgan fingerprint density at radius 3 is 2.32 bits per heavy atom. The van der Waals surface area contributed by atoms with Gasteiger partial charge in [-0.25, -0.2) is 9.08 Å². The van der Waals surface area contributed by atoms with Crippen molar-refractivity contribution in [2.45, 2.75) is 64.6 Å². The molecule has 3 aromatic rings. The average Bonchev–Trinajstić information content (AvgIpc) is 3.60. The normalized spacial score (nSPS) is 22.7. The number of rotatable bonds is 13. The number of carbonyl (C=O) groups is 3. The number of nitrogen functional groups attached to an aromatic ring is 1. The maximum Gasteiger partial charge on any atom is 0.459 e. The largest absolute Gasteiger partial charge is 0.468 e. The fraction of sp³-hybridized carbons (Fsp3) is 0.452. The van der Waals surface area contributed by atoms with Crippen molar-refractivity contribution in [1.82, 2.24) is 14.7 Å². The minimum absolute atomic E-state index is 0.117. The Morgan fingerprint density at radius 2 is 1.70 bits per heavy atom. The van der Waals surface area contributed by atoms with Gasteiger partial charge in [0.1, 0.15) is 30.6 Å². The molecule has 1 saturated heterocycles. The Morgan fingerprint density at radius 1 is 1.04 bits per heavy atom. The van der Waals surface area contributed by atoms with Crippen LogP contribution in [0.4, 0.5) is 5.69 Å². The average molecular weight is 672 g/mol. The lowest BCUT2D eigenvalue weighted by atomic mass is 9.95. The predicted octanol–water partition coefficient (Wildman–Crippen LogP) is 3.74. The molecule has 0 aliphatic carbocycles. The number of nitrogens with zero attached hydrogens (tertiary/aromatic N) is 3. The molecule has 0 bridgehead atoms. The third-order valence-corrected chi connectivity index (χ3v) is 8.88. The highest BCUT2D eigenvalue weighted by atomic mass is 31.2. The van der Waals surface area contributed by atoms with E-state index in [0.29, 0.717) is 16.9 Å². The van der Waals surface area contributed by atoms with Gasteiger partial charge in [0, 0.05) is 6.20 Å².